The van der Waals surface area contributed by atoms with E-state index in [4.69, 9.17) is 4.74 Å². The van der Waals surface area contributed by atoms with Crippen LogP contribution >= 0.6 is 0 Å². The number of hydrogen-bond acceptors (Lipinski definition) is 1. The summed E-state index contributed by atoms with van der Waals surface area (Å²) in [7, 11) is 0. The van der Waals surface area contributed by atoms with E-state index < -0.39 is 0 Å². The molecule has 4 aliphatic carbocycles. The number of allylic oxidation sites excluding steroid dienone is 1. The van der Waals surface area contributed by atoms with Crippen LogP contribution in [-0.2, 0) is 4.74 Å². The Kier molecular flexibility index (Phi) is 6.80. The quantitative estimate of drug-likeness (QED) is 0.380. The molecular formula is C29H50O. The molecule has 0 N–H and O–H groups in total. The zero-order valence-corrected chi connectivity index (χ0v) is 21.0. The van der Waals surface area contributed by atoms with E-state index in [0.29, 0.717) is 16.9 Å². The van der Waals surface area contributed by atoms with Crippen LogP contribution in [0.3, 0.4) is 0 Å². The van der Waals surface area contributed by atoms with Gasteiger partial charge in [-0.2, -0.15) is 0 Å². The molecule has 1 unspecified atom stereocenters. The molecule has 0 amide bonds. The monoisotopic (exact) mass is 414 g/mol. The molecule has 4 rings (SSSR count). The number of fused-ring (bicyclic) bond motifs is 5. The molecule has 0 spiro atoms. The molecule has 8 atom stereocenters. The van der Waals surface area contributed by atoms with Crippen molar-refractivity contribution < 1.29 is 4.74 Å². The Balaban J connectivity index is 1.47. The maximum Gasteiger partial charge on any atom is 0.0612 e. The highest BCUT2D eigenvalue weighted by Gasteiger charge is 2.59. The SMILES string of the molecule is CCO[C@H]1CC[C@@]2(C)C(=CC[C@@H]3C2CC[C@]2(C)[C@@H]([C@H](C)CCCC(C)C)CC[C@@H]32)C1. The molecule has 172 valence electrons. The van der Waals surface area contributed by atoms with E-state index in [-0.39, 0.29) is 0 Å². The third-order valence-electron chi connectivity index (χ3n) is 10.7. The molecule has 0 radical (unpaired) electrons. The minimum Gasteiger partial charge on any atom is -0.378 e. The second-order valence-electron chi connectivity index (χ2n) is 12.6. The van der Waals surface area contributed by atoms with Crippen LogP contribution in [0, 0.1) is 46.3 Å². The van der Waals surface area contributed by atoms with Crippen molar-refractivity contribution in [1.82, 2.24) is 0 Å². The van der Waals surface area contributed by atoms with E-state index in [1.807, 2.05) is 0 Å². The normalized spacial score (nSPS) is 44.2. The van der Waals surface area contributed by atoms with Crippen LogP contribution < -0.4 is 0 Å². The highest BCUT2D eigenvalue weighted by Crippen LogP contribution is 2.67. The molecule has 4 aliphatic rings. The summed E-state index contributed by atoms with van der Waals surface area (Å²) in [6, 6.07) is 0. The molecule has 0 saturated heterocycles. The van der Waals surface area contributed by atoms with Gasteiger partial charge in [0.25, 0.3) is 0 Å². The smallest absolute Gasteiger partial charge is 0.0612 e. The highest BCUT2D eigenvalue weighted by molar-refractivity contribution is 5.25. The van der Waals surface area contributed by atoms with Gasteiger partial charge in [-0.3, -0.25) is 0 Å². The third-order valence-corrected chi connectivity index (χ3v) is 10.7. The predicted molar refractivity (Wildman–Crippen MR) is 128 cm³/mol. The van der Waals surface area contributed by atoms with Crippen LogP contribution in [0.15, 0.2) is 11.6 Å². The van der Waals surface area contributed by atoms with E-state index in [9.17, 15) is 0 Å². The van der Waals surface area contributed by atoms with Gasteiger partial charge in [0, 0.05) is 6.61 Å². The van der Waals surface area contributed by atoms with Gasteiger partial charge in [-0.05, 0) is 105 Å². The number of rotatable bonds is 7. The Morgan fingerprint density at radius 2 is 1.80 bits per heavy atom. The molecule has 30 heavy (non-hydrogen) atoms. The standard InChI is InChI=1S/C29H50O/c1-7-30-23-15-17-28(5)22(19-23)11-12-24-26-14-13-25(21(4)10-8-9-20(2)3)29(26,6)18-16-27(24)28/h11,20-21,23-27H,7-10,12-19H2,1-6H3/t21-,23+,24+,25-,26+,27?,28+,29-/m1/s1. The van der Waals surface area contributed by atoms with Gasteiger partial charge >= 0.3 is 0 Å². The first-order valence-corrected chi connectivity index (χ1v) is 13.6. The van der Waals surface area contributed by atoms with Gasteiger partial charge in [0.2, 0.25) is 0 Å². The maximum atomic E-state index is 6.04. The van der Waals surface area contributed by atoms with Crippen molar-refractivity contribution in [2.24, 2.45) is 46.3 Å². The van der Waals surface area contributed by atoms with Crippen LogP contribution in [0.25, 0.3) is 0 Å². The van der Waals surface area contributed by atoms with Gasteiger partial charge in [-0.25, -0.2) is 0 Å². The molecule has 3 saturated carbocycles. The van der Waals surface area contributed by atoms with Crippen LogP contribution in [0.4, 0.5) is 0 Å². The Morgan fingerprint density at radius 3 is 2.53 bits per heavy atom. The van der Waals surface area contributed by atoms with E-state index in [1.165, 1.54) is 70.6 Å². The molecule has 3 fully saturated rings. The van der Waals surface area contributed by atoms with Crippen molar-refractivity contribution >= 4 is 0 Å². The first-order valence-electron chi connectivity index (χ1n) is 13.6. The lowest BCUT2D eigenvalue weighted by Crippen LogP contribution is -2.51. The third kappa shape index (κ3) is 3.95. The zero-order chi connectivity index (χ0) is 21.5. The van der Waals surface area contributed by atoms with Crippen LogP contribution in [-0.4, -0.2) is 12.7 Å². The Morgan fingerprint density at radius 1 is 1.00 bits per heavy atom. The summed E-state index contributed by atoms with van der Waals surface area (Å²) in [6.07, 6.45) is 18.7. The lowest BCUT2D eigenvalue weighted by atomic mass is 9.47. The van der Waals surface area contributed by atoms with E-state index in [1.54, 1.807) is 5.57 Å². The average molecular weight is 415 g/mol. The number of hydrogen-bond donors (Lipinski definition) is 0. The van der Waals surface area contributed by atoms with Crippen molar-refractivity contribution in [3.05, 3.63) is 11.6 Å². The summed E-state index contributed by atoms with van der Waals surface area (Å²) in [5, 5.41) is 0. The van der Waals surface area contributed by atoms with Crippen LogP contribution in [0.1, 0.15) is 112 Å². The lowest BCUT2D eigenvalue weighted by Gasteiger charge is -2.58. The summed E-state index contributed by atoms with van der Waals surface area (Å²) in [5.74, 6) is 5.63. The second kappa shape index (κ2) is 8.92. The first kappa shape index (κ1) is 22.9. The van der Waals surface area contributed by atoms with E-state index in [2.05, 4.69) is 47.6 Å². The molecule has 0 aromatic carbocycles. The fourth-order valence-electron chi connectivity index (χ4n) is 9.03. The molecular weight excluding hydrogens is 364 g/mol. The van der Waals surface area contributed by atoms with Crippen molar-refractivity contribution in [2.75, 3.05) is 6.61 Å². The Labute approximate surface area is 187 Å². The van der Waals surface area contributed by atoms with Crippen molar-refractivity contribution in [3.63, 3.8) is 0 Å². The van der Waals surface area contributed by atoms with Gasteiger partial charge in [-0.15, -0.1) is 0 Å². The van der Waals surface area contributed by atoms with Crippen molar-refractivity contribution in [2.45, 2.75) is 118 Å². The van der Waals surface area contributed by atoms with Crippen molar-refractivity contribution in [3.8, 4) is 0 Å². The molecule has 1 heteroatoms. The minimum atomic E-state index is 0.471. The van der Waals surface area contributed by atoms with Crippen LogP contribution in [0.5, 0.6) is 0 Å². The summed E-state index contributed by atoms with van der Waals surface area (Å²) < 4.78 is 6.04. The topological polar surface area (TPSA) is 9.23 Å². The predicted octanol–water partition coefficient (Wildman–Crippen LogP) is 8.43. The Bertz CT molecular complexity index is 620. The van der Waals surface area contributed by atoms with Gasteiger partial charge in [-0.1, -0.05) is 65.5 Å². The first-order chi connectivity index (χ1) is 14.3. The molecule has 0 aromatic heterocycles. The molecule has 0 heterocycles. The van der Waals surface area contributed by atoms with Crippen molar-refractivity contribution in [1.29, 1.82) is 0 Å². The van der Waals surface area contributed by atoms with Gasteiger partial charge in [0.1, 0.15) is 0 Å². The number of ether oxygens (including phenoxy) is 1. The molecule has 0 aromatic rings. The molecule has 1 nitrogen and oxygen atoms in total. The maximum absolute atomic E-state index is 6.04. The zero-order valence-electron chi connectivity index (χ0n) is 21.0. The summed E-state index contributed by atoms with van der Waals surface area (Å²) >= 11 is 0. The fraction of sp³-hybridized carbons (Fsp3) is 0.931. The van der Waals surface area contributed by atoms with Gasteiger partial charge in [0.05, 0.1) is 6.10 Å². The Hall–Kier alpha value is -0.300. The molecule has 0 aliphatic heterocycles. The fourth-order valence-corrected chi connectivity index (χ4v) is 9.03. The van der Waals surface area contributed by atoms with E-state index in [0.717, 1.165) is 42.1 Å². The largest absolute Gasteiger partial charge is 0.378 e. The van der Waals surface area contributed by atoms with E-state index >= 15 is 0 Å². The summed E-state index contributed by atoms with van der Waals surface area (Å²) in [5.41, 5.74) is 2.86. The summed E-state index contributed by atoms with van der Waals surface area (Å²) in [6.45, 7) is 15.7. The lowest BCUT2D eigenvalue weighted by molar-refractivity contribution is -0.0630. The average Bonchev–Trinajstić information content (AvgIpc) is 3.05. The highest BCUT2D eigenvalue weighted by atomic mass is 16.5. The van der Waals surface area contributed by atoms with Gasteiger partial charge in [0.15, 0.2) is 0 Å². The second-order valence-corrected chi connectivity index (χ2v) is 12.6. The summed E-state index contributed by atoms with van der Waals surface area (Å²) in [4.78, 5) is 0. The van der Waals surface area contributed by atoms with Gasteiger partial charge < -0.3 is 4.74 Å². The minimum absolute atomic E-state index is 0.471. The van der Waals surface area contributed by atoms with Crippen LogP contribution in [0.2, 0.25) is 0 Å². The molecule has 0 bridgehead atoms.